The highest BCUT2D eigenvalue weighted by molar-refractivity contribution is 7.51. The molecule has 7 heteroatoms. The maximum absolute atomic E-state index is 10.6. The number of hydrogen-bond donors (Lipinski definition) is 3. The smallest absolute Gasteiger partial charge is 0.325 e. The standard InChI is InChI=1S/C5H15O5PSi/c1-5(12(8)9)3-4-10-11(2,6)7/h5,8-9,12H,3-4H2,1-2H3,(H,6,7). The molecule has 0 saturated carbocycles. The highest BCUT2D eigenvalue weighted by Gasteiger charge is 2.16. The molecule has 0 heterocycles. The average molecular weight is 214 g/mol. The van der Waals surface area contributed by atoms with E-state index in [0.717, 1.165) is 6.66 Å². The van der Waals surface area contributed by atoms with Crippen LogP contribution in [0.25, 0.3) is 0 Å². The zero-order valence-electron chi connectivity index (χ0n) is 7.17. The van der Waals surface area contributed by atoms with Crippen LogP contribution in [0.3, 0.4) is 0 Å². The normalized spacial score (nSPS) is 19.2. The zero-order chi connectivity index (χ0) is 9.78. The van der Waals surface area contributed by atoms with Gasteiger partial charge >= 0.3 is 16.9 Å². The second-order valence-corrected chi connectivity index (χ2v) is 6.65. The van der Waals surface area contributed by atoms with Gasteiger partial charge in [0.2, 0.25) is 0 Å². The van der Waals surface area contributed by atoms with Crippen LogP contribution in [0.2, 0.25) is 5.54 Å². The van der Waals surface area contributed by atoms with E-state index in [4.69, 9.17) is 14.5 Å². The van der Waals surface area contributed by atoms with E-state index in [-0.39, 0.29) is 12.1 Å². The third-order valence-corrected chi connectivity index (χ3v) is 3.43. The van der Waals surface area contributed by atoms with Crippen molar-refractivity contribution in [2.24, 2.45) is 0 Å². The molecule has 12 heavy (non-hydrogen) atoms. The number of rotatable bonds is 5. The van der Waals surface area contributed by atoms with Crippen LogP contribution in [-0.4, -0.2) is 37.0 Å². The van der Waals surface area contributed by atoms with Crippen LogP contribution in [-0.2, 0) is 9.09 Å². The van der Waals surface area contributed by atoms with Gasteiger partial charge in [0.05, 0.1) is 6.61 Å². The first-order valence-corrected chi connectivity index (χ1v) is 7.36. The third-order valence-electron chi connectivity index (χ3n) is 1.41. The molecule has 0 aliphatic heterocycles. The Morgan fingerprint density at radius 2 is 2.08 bits per heavy atom. The molecule has 2 atom stereocenters. The summed E-state index contributed by atoms with van der Waals surface area (Å²) in [5.74, 6) is 0. The van der Waals surface area contributed by atoms with Crippen LogP contribution < -0.4 is 0 Å². The first-order chi connectivity index (χ1) is 5.33. The fraction of sp³-hybridized carbons (Fsp3) is 1.00. The van der Waals surface area contributed by atoms with Crippen molar-refractivity contribution in [2.45, 2.75) is 18.9 Å². The molecule has 0 aliphatic carbocycles. The Bertz CT molecular complexity index is 167. The lowest BCUT2D eigenvalue weighted by Crippen LogP contribution is -2.18. The molecule has 0 fully saturated rings. The second-order valence-electron chi connectivity index (χ2n) is 2.82. The minimum absolute atomic E-state index is 0.0933. The minimum atomic E-state index is -3.40. The summed E-state index contributed by atoms with van der Waals surface area (Å²) in [6.07, 6.45) is 0.405. The van der Waals surface area contributed by atoms with Crippen molar-refractivity contribution in [3.8, 4) is 0 Å². The van der Waals surface area contributed by atoms with Crippen LogP contribution in [0.5, 0.6) is 0 Å². The third kappa shape index (κ3) is 6.96. The summed E-state index contributed by atoms with van der Waals surface area (Å²) in [5.41, 5.74) is -0.212. The second kappa shape index (κ2) is 5.11. The fourth-order valence-electron chi connectivity index (χ4n) is 0.557. The molecular weight excluding hydrogens is 199 g/mol. The molecule has 2 unspecified atom stereocenters. The van der Waals surface area contributed by atoms with Crippen molar-refractivity contribution in [1.29, 1.82) is 0 Å². The van der Waals surface area contributed by atoms with Gasteiger partial charge in [0.25, 0.3) is 0 Å². The van der Waals surface area contributed by atoms with E-state index in [9.17, 15) is 4.57 Å². The molecule has 74 valence electrons. The van der Waals surface area contributed by atoms with Gasteiger partial charge < -0.3 is 19.0 Å². The summed E-state index contributed by atoms with van der Waals surface area (Å²) in [6, 6.07) is 0. The molecule has 0 radical (unpaired) electrons. The summed E-state index contributed by atoms with van der Waals surface area (Å²) < 4.78 is 15.1. The molecule has 0 spiro atoms. The molecule has 5 nitrogen and oxygen atoms in total. The van der Waals surface area contributed by atoms with Crippen molar-refractivity contribution in [3.05, 3.63) is 0 Å². The predicted octanol–water partition coefficient (Wildman–Crippen LogP) is -0.197. The van der Waals surface area contributed by atoms with Gasteiger partial charge in [-0.15, -0.1) is 0 Å². The molecule has 0 rings (SSSR count). The molecule has 0 aromatic carbocycles. The summed E-state index contributed by atoms with van der Waals surface area (Å²) in [7, 11) is -6.00. The van der Waals surface area contributed by atoms with Gasteiger partial charge in [0, 0.05) is 6.66 Å². The monoisotopic (exact) mass is 214 g/mol. The molecule has 0 amide bonds. The maximum atomic E-state index is 10.6. The Morgan fingerprint density at radius 3 is 2.42 bits per heavy atom. The quantitative estimate of drug-likeness (QED) is 0.436. The van der Waals surface area contributed by atoms with Gasteiger partial charge in [0.15, 0.2) is 0 Å². The van der Waals surface area contributed by atoms with Gasteiger partial charge in [-0.25, -0.2) is 0 Å². The van der Waals surface area contributed by atoms with Crippen LogP contribution >= 0.6 is 7.60 Å². The van der Waals surface area contributed by atoms with E-state index in [0.29, 0.717) is 6.42 Å². The Morgan fingerprint density at radius 1 is 1.58 bits per heavy atom. The lowest BCUT2D eigenvalue weighted by atomic mass is 10.3. The first kappa shape index (κ1) is 12.3. The van der Waals surface area contributed by atoms with Crippen LogP contribution in [0.4, 0.5) is 0 Å². The van der Waals surface area contributed by atoms with Gasteiger partial charge in [-0.3, -0.25) is 4.57 Å². The van der Waals surface area contributed by atoms with Crippen LogP contribution in [0, 0.1) is 0 Å². The summed E-state index contributed by atoms with van der Waals surface area (Å²) in [4.78, 5) is 26.2. The van der Waals surface area contributed by atoms with Gasteiger partial charge in [-0.2, -0.15) is 0 Å². The molecule has 0 aromatic heterocycles. The molecule has 0 bridgehead atoms. The fourth-order valence-corrected chi connectivity index (χ4v) is 1.44. The molecule has 0 aromatic rings. The van der Waals surface area contributed by atoms with Gasteiger partial charge in [-0.05, 0) is 12.0 Å². The summed E-state index contributed by atoms with van der Waals surface area (Å²) in [5, 5.41) is 0. The van der Waals surface area contributed by atoms with Crippen molar-refractivity contribution in [3.63, 3.8) is 0 Å². The molecule has 0 aliphatic rings. The molecule has 3 N–H and O–H groups in total. The highest BCUT2D eigenvalue weighted by Crippen LogP contribution is 2.36. The van der Waals surface area contributed by atoms with E-state index in [2.05, 4.69) is 4.52 Å². The minimum Gasteiger partial charge on any atom is -0.413 e. The first-order valence-electron chi connectivity index (χ1n) is 3.64. The Balaban J connectivity index is 3.51. The van der Waals surface area contributed by atoms with E-state index in [1.807, 2.05) is 0 Å². The number of hydrogen-bond acceptors (Lipinski definition) is 4. The Hall–Kier alpha value is 0.287. The van der Waals surface area contributed by atoms with E-state index < -0.39 is 16.9 Å². The van der Waals surface area contributed by atoms with E-state index in [1.54, 1.807) is 6.92 Å². The van der Waals surface area contributed by atoms with Gasteiger partial charge in [0.1, 0.15) is 0 Å². The van der Waals surface area contributed by atoms with Gasteiger partial charge in [-0.1, -0.05) is 6.92 Å². The lowest BCUT2D eigenvalue weighted by Gasteiger charge is -2.12. The maximum Gasteiger partial charge on any atom is 0.325 e. The average Bonchev–Trinajstić information content (AvgIpc) is 1.84. The SMILES string of the molecule is CC(CCOP(C)(=O)O)[SiH](O)O. The van der Waals surface area contributed by atoms with E-state index in [1.165, 1.54) is 0 Å². The topological polar surface area (TPSA) is 87.0 Å². The Kier molecular flexibility index (Phi) is 5.23. The highest BCUT2D eigenvalue weighted by atomic mass is 31.2. The summed E-state index contributed by atoms with van der Waals surface area (Å²) in [6.45, 7) is 2.87. The van der Waals surface area contributed by atoms with E-state index >= 15 is 0 Å². The molecular formula is C5H15O5PSi. The van der Waals surface area contributed by atoms with Crippen molar-refractivity contribution in [1.82, 2.24) is 0 Å². The largest absolute Gasteiger partial charge is 0.413 e. The predicted molar refractivity (Wildman–Crippen MR) is 47.3 cm³/mol. The van der Waals surface area contributed by atoms with Crippen LogP contribution in [0.1, 0.15) is 13.3 Å². The van der Waals surface area contributed by atoms with Crippen molar-refractivity contribution >= 4 is 16.9 Å². The molecule has 0 saturated heterocycles. The zero-order valence-corrected chi connectivity index (χ0v) is 9.22. The Labute approximate surface area is 73.4 Å². The van der Waals surface area contributed by atoms with Crippen molar-refractivity contribution < 1.29 is 23.6 Å². The van der Waals surface area contributed by atoms with Crippen molar-refractivity contribution in [2.75, 3.05) is 13.3 Å². The lowest BCUT2D eigenvalue weighted by molar-refractivity contribution is 0.254. The summed E-state index contributed by atoms with van der Waals surface area (Å²) >= 11 is 0. The van der Waals surface area contributed by atoms with Crippen LogP contribution in [0.15, 0.2) is 0 Å².